The van der Waals surface area contributed by atoms with Gasteiger partial charge >= 0.3 is 0 Å². The summed E-state index contributed by atoms with van der Waals surface area (Å²) in [6.07, 6.45) is 3.80. The maximum Gasteiger partial charge on any atom is 0.279 e. The van der Waals surface area contributed by atoms with Crippen LogP contribution in [0.5, 0.6) is 0 Å². The third-order valence-electron chi connectivity index (χ3n) is 3.80. The van der Waals surface area contributed by atoms with Crippen molar-refractivity contribution in [2.24, 2.45) is 0 Å². The van der Waals surface area contributed by atoms with E-state index in [0.717, 1.165) is 12.2 Å². The third kappa shape index (κ3) is 3.57. The van der Waals surface area contributed by atoms with Gasteiger partial charge in [-0.05, 0) is 45.2 Å². The number of rotatable bonds is 3. The van der Waals surface area contributed by atoms with Crippen LogP contribution in [0.25, 0.3) is 0 Å². The van der Waals surface area contributed by atoms with Gasteiger partial charge in [0.15, 0.2) is 6.54 Å². The quantitative estimate of drug-likeness (QED) is 0.831. The standard InChI is InChI=1S/C15H22N2O/c1-12-6-8-14(9-7-12)16-15(18)11-17-10-4-3-5-13(17)2/h6-9,13H,3-5,10-11H2,1-2H3,(H,16,18)/p+1/t13-/m0/s1. The first-order valence-electron chi connectivity index (χ1n) is 6.86. The summed E-state index contributed by atoms with van der Waals surface area (Å²) in [5.41, 5.74) is 2.11. The van der Waals surface area contributed by atoms with Crippen LogP contribution in [-0.4, -0.2) is 25.0 Å². The lowest BCUT2D eigenvalue weighted by molar-refractivity contribution is -0.920. The number of piperidine rings is 1. The molecule has 0 aliphatic carbocycles. The number of hydrogen-bond acceptors (Lipinski definition) is 1. The average Bonchev–Trinajstić information content (AvgIpc) is 2.35. The topological polar surface area (TPSA) is 33.5 Å². The Bertz CT molecular complexity index is 399. The lowest BCUT2D eigenvalue weighted by Crippen LogP contribution is -3.17. The second kappa shape index (κ2) is 6.01. The second-order valence-corrected chi connectivity index (χ2v) is 5.40. The van der Waals surface area contributed by atoms with Gasteiger partial charge in [0.1, 0.15) is 0 Å². The maximum atomic E-state index is 12.0. The molecule has 1 heterocycles. The molecule has 3 nitrogen and oxygen atoms in total. The highest BCUT2D eigenvalue weighted by molar-refractivity contribution is 5.91. The fraction of sp³-hybridized carbons (Fsp3) is 0.533. The minimum atomic E-state index is 0.127. The van der Waals surface area contributed by atoms with Gasteiger partial charge in [-0.3, -0.25) is 4.79 Å². The Balaban J connectivity index is 1.86. The van der Waals surface area contributed by atoms with E-state index in [4.69, 9.17) is 0 Å². The highest BCUT2D eigenvalue weighted by Crippen LogP contribution is 2.08. The summed E-state index contributed by atoms with van der Waals surface area (Å²) in [7, 11) is 0. The number of aryl methyl sites for hydroxylation is 1. The molecule has 2 rings (SSSR count). The predicted molar refractivity (Wildman–Crippen MR) is 73.8 cm³/mol. The van der Waals surface area contributed by atoms with Crippen molar-refractivity contribution in [3.8, 4) is 0 Å². The number of carbonyl (C=O) groups is 1. The van der Waals surface area contributed by atoms with Crippen molar-refractivity contribution >= 4 is 11.6 Å². The van der Waals surface area contributed by atoms with Crippen molar-refractivity contribution in [1.82, 2.24) is 0 Å². The van der Waals surface area contributed by atoms with Crippen LogP contribution in [0, 0.1) is 6.92 Å². The Kier molecular flexibility index (Phi) is 4.37. The molecule has 0 spiro atoms. The van der Waals surface area contributed by atoms with E-state index in [9.17, 15) is 4.79 Å². The Morgan fingerprint density at radius 1 is 1.33 bits per heavy atom. The normalized spacial score (nSPS) is 23.7. The molecule has 1 aliphatic heterocycles. The molecule has 98 valence electrons. The molecule has 0 radical (unpaired) electrons. The fourth-order valence-corrected chi connectivity index (χ4v) is 2.56. The van der Waals surface area contributed by atoms with Gasteiger partial charge in [0, 0.05) is 5.69 Å². The molecule has 1 aromatic rings. The molecule has 1 fully saturated rings. The van der Waals surface area contributed by atoms with Crippen LogP contribution >= 0.6 is 0 Å². The average molecular weight is 247 g/mol. The number of nitrogens with one attached hydrogen (secondary N) is 2. The number of benzene rings is 1. The molecular formula is C15H23N2O+. The largest absolute Gasteiger partial charge is 0.325 e. The smallest absolute Gasteiger partial charge is 0.279 e. The van der Waals surface area contributed by atoms with E-state index in [1.807, 2.05) is 31.2 Å². The summed E-state index contributed by atoms with van der Waals surface area (Å²) in [4.78, 5) is 13.4. The van der Waals surface area contributed by atoms with Gasteiger partial charge in [0.2, 0.25) is 0 Å². The molecule has 1 amide bonds. The molecule has 1 aliphatic rings. The van der Waals surface area contributed by atoms with E-state index in [-0.39, 0.29) is 5.91 Å². The van der Waals surface area contributed by atoms with E-state index in [1.165, 1.54) is 29.7 Å². The van der Waals surface area contributed by atoms with E-state index >= 15 is 0 Å². The van der Waals surface area contributed by atoms with Gasteiger partial charge in [-0.25, -0.2) is 0 Å². The Labute approximate surface area is 109 Å². The predicted octanol–water partition coefficient (Wildman–Crippen LogP) is 1.39. The summed E-state index contributed by atoms with van der Waals surface area (Å²) in [5, 5.41) is 2.98. The van der Waals surface area contributed by atoms with Crippen LogP contribution in [0.2, 0.25) is 0 Å². The second-order valence-electron chi connectivity index (χ2n) is 5.40. The zero-order valence-electron chi connectivity index (χ0n) is 11.3. The van der Waals surface area contributed by atoms with Crippen molar-refractivity contribution in [2.75, 3.05) is 18.4 Å². The van der Waals surface area contributed by atoms with Crippen LogP contribution in [0.3, 0.4) is 0 Å². The summed E-state index contributed by atoms with van der Waals surface area (Å²) in [5.74, 6) is 0.127. The van der Waals surface area contributed by atoms with Crippen LogP contribution < -0.4 is 10.2 Å². The van der Waals surface area contributed by atoms with Crippen LogP contribution in [-0.2, 0) is 4.79 Å². The molecule has 18 heavy (non-hydrogen) atoms. The number of likely N-dealkylation sites (tertiary alicyclic amines) is 1. The molecule has 1 unspecified atom stereocenters. The molecule has 0 aromatic heterocycles. The van der Waals surface area contributed by atoms with Gasteiger partial charge < -0.3 is 10.2 Å². The zero-order valence-corrected chi connectivity index (χ0v) is 11.3. The summed E-state index contributed by atoms with van der Waals surface area (Å²) >= 11 is 0. The first-order valence-corrected chi connectivity index (χ1v) is 6.86. The Morgan fingerprint density at radius 2 is 2.06 bits per heavy atom. The van der Waals surface area contributed by atoms with E-state index in [0.29, 0.717) is 12.6 Å². The van der Waals surface area contributed by atoms with Crippen LogP contribution in [0.15, 0.2) is 24.3 Å². The van der Waals surface area contributed by atoms with Crippen molar-refractivity contribution in [3.63, 3.8) is 0 Å². The Hall–Kier alpha value is -1.35. The minimum Gasteiger partial charge on any atom is -0.325 e. The monoisotopic (exact) mass is 247 g/mol. The summed E-state index contributed by atoms with van der Waals surface area (Å²) in [6, 6.07) is 8.57. The highest BCUT2D eigenvalue weighted by Gasteiger charge is 2.23. The molecule has 1 saturated heterocycles. The van der Waals surface area contributed by atoms with Crippen LogP contribution in [0.1, 0.15) is 31.7 Å². The molecule has 2 N–H and O–H groups in total. The maximum absolute atomic E-state index is 12.0. The first-order chi connectivity index (χ1) is 8.65. The van der Waals surface area contributed by atoms with Crippen molar-refractivity contribution in [2.45, 2.75) is 39.2 Å². The van der Waals surface area contributed by atoms with Gasteiger partial charge in [-0.15, -0.1) is 0 Å². The zero-order chi connectivity index (χ0) is 13.0. The molecule has 0 saturated carbocycles. The number of quaternary nitrogens is 1. The van der Waals surface area contributed by atoms with Crippen molar-refractivity contribution < 1.29 is 9.69 Å². The van der Waals surface area contributed by atoms with Gasteiger partial charge in [0.25, 0.3) is 5.91 Å². The molecule has 3 heteroatoms. The molecule has 1 aromatic carbocycles. The third-order valence-corrected chi connectivity index (χ3v) is 3.80. The summed E-state index contributed by atoms with van der Waals surface area (Å²) in [6.45, 7) is 6.01. The summed E-state index contributed by atoms with van der Waals surface area (Å²) < 4.78 is 0. The number of hydrogen-bond donors (Lipinski definition) is 2. The minimum absolute atomic E-state index is 0.127. The number of anilines is 1. The van der Waals surface area contributed by atoms with Gasteiger partial charge in [-0.2, -0.15) is 0 Å². The van der Waals surface area contributed by atoms with Crippen LogP contribution in [0.4, 0.5) is 5.69 Å². The fourth-order valence-electron chi connectivity index (χ4n) is 2.56. The number of carbonyl (C=O) groups excluding carboxylic acids is 1. The highest BCUT2D eigenvalue weighted by atomic mass is 16.2. The van der Waals surface area contributed by atoms with Gasteiger partial charge in [-0.1, -0.05) is 17.7 Å². The SMILES string of the molecule is Cc1ccc(NC(=O)C[NH+]2CCCC[C@@H]2C)cc1. The lowest BCUT2D eigenvalue weighted by Gasteiger charge is -2.29. The van der Waals surface area contributed by atoms with Gasteiger partial charge in [0.05, 0.1) is 12.6 Å². The number of amides is 1. The van der Waals surface area contributed by atoms with Crippen molar-refractivity contribution in [1.29, 1.82) is 0 Å². The van der Waals surface area contributed by atoms with E-state index < -0.39 is 0 Å². The van der Waals surface area contributed by atoms with E-state index in [2.05, 4.69) is 12.2 Å². The van der Waals surface area contributed by atoms with Crippen molar-refractivity contribution in [3.05, 3.63) is 29.8 Å². The first kappa shape index (κ1) is 13.1. The molecule has 0 bridgehead atoms. The van der Waals surface area contributed by atoms with E-state index in [1.54, 1.807) is 0 Å². The molecular weight excluding hydrogens is 224 g/mol. The molecule has 2 atom stereocenters. The lowest BCUT2D eigenvalue weighted by atomic mass is 10.0. The Morgan fingerprint density at radius 3 is 2.72 bits per heavy atom.